The number of rotatable bonds is 4. The predicted molar refractivity (Wildman–Crippen MR) is 162 cm³/mol. The summed E-state index contributed by atoms with van der Waals surface area (Å²) in [6, 6.07) is 27.9. The number of ketones is 2. The van der Waals surface area contributed by atoms with Crippen molar-refractivity contribution in [3.63, 3.8) is 0 Å². The summed E-state index contributed by atoms with van der Waals surface area (Å²) in [5.41, 5.74) is 4.90. The molecule has 3 aliphatic rings. The number of hydrogen-bond donors (Lipinski definition) is 1. The zero-order valence-corrected chi connectivity index (χ0v) is 23.4. The first-order chi connectivity index (χ1) is 19.8. The van der Waals surface area contributed by atoms with Crippen molar-refractivity contribution < 1.29 is 14.4 Å². The van der Waals surface area contributed by atoms with Crippen molar-refractivity contribution in [3.8, 4) is 0 Å². The number of fused-ring (bicyclic) bond motifs is 6. The third-order valence-corrected chi connectivity index (χ3v) is 9.12. The zero-order chi connectivity index (χ0) is 28.5. The van der Waals surface area contributed by atoms with E-state index < -0.39 is 23.4 Å². The van der Waals surface area contributed by atoms with Crippen molar-refractivity contribution in [1.82, 2.24) is 0 Å². The Morgan fingerprint density at radius 1 is 0.829 bits per heavy atom. The fourth-order valence-electron chi connectivity index (χ4n) is 7.11. The number of nitrogens with zero attached hydrogens (tertiary/aromatic N) is 1. The van der Waals surface area contributed by atoms with E-state index >= 15 is 0 Å². The molecule has 3 heterocycles. The van der Waals surface area contributed by atoms with Gasteiger partial charge < -0.3 is 10.2 Å². The minimum atomic E-state index is -1.34. The topological polar surface area (TPSA) is 66.5 Å². The average Bonchev–Trinajstić information content (AvgIpc) is 3.45. The molecular weight excluding hydrogens is 532 g/mol. The van der Waals surface area contributed by atoms with Gasteiger partial charge in [-0.3, -0.25) is 14.4 Å². The predicted octanol–water partition coefficient (Wildman–Crippen LogP) is 6.89. The van der Waals surface area contributed by atoms with Gasteiger partial charge in [0, 0.05) is 33.1 Å². The number of hydrogen-bond acceptors (Lipinski definition) is 4. The van der Waals surface area contributed by atoms with Gasteiger partial charge in [-0.15, -0.1) is 0 Å². The molecule has 4 atom stereocenters. The van der Waals surface area contributed by atoms with Gasteiger partial charge in [-0.1, -0.05) is 77.8 Å². The number of carbonyl (C=O) groups excluding carboxylic acids is 3. The molecule has 0 bridgehead atoms. The lowest BCUT2D eigenvalue weighted by atomic mass is 9.64. The van der Waals surface area contributed by atoms with E-state index in [9.17, 15) is 14.4 Å². The highest BCUT2D eigenvalue weighted by Crippen LogP contribution is 2.58. The molecule has 4 aromatic rings. The minimum Gasteiger partial charge on any atom is -0.352 e. The molecule has 1 fully saturated rings. The second kappa shape index (κ2) is 9.28. The fourth-order valence-corrected chi connectivity index (χ4v) is 7.24. The smallest absolute Gasteiger partial charge is 0.238 e. The molecule has 6 heteroatoms. The van der Waals surface area contributed by atoms with Crippen molar-refractivity contribution in [2.75, 3.05) is 10.2 Å². The van der Waals surface area contributed by atoms with Gasteiger partial charge in [0.2, 0.25) is 5.91 Å². The molecule has 4 aromatic carbocycles. The fraction of sp³-hybridized carbons (Fsp3) is 0.171. The lowest BCUT2D eigenvalue weighted by Crippen LogP contribution is -2.51. The van der Waals surface area contributed by atoms with E-state index in [1.165, 1.54) is 0 Å². The molecule has 3 aliphatic heterocycles. The Kier molecular flexibility index (Phi) is 5.77. The van der Waals surface area contributed by atoms with E-state index in [2.05, 4.69) is 17.5 Å². The molecule has 0 aliphatic carbocycles. The molecule has 41 heavy (non-hydrogen) atoms. The Morgan fingerprint density at radius 2 is 1.51 bits per heavy atom. The SMILES string of the molecule is CC1=C[C@@H]2N(c3ccc(C)cc31)[C@H](C(=O)c1ccccc1)[C@H](C(=O)c1ccc(Cl)cc1)[C@]21C(=O)Nc2ccccc21. The van der Waals surface area contributed by atoms with Crippen LogP contribution in [0, 0.1) is 12.8 Å². The molecule has 1 saturated heterocycles. The maximum absolute atomic E-state index is 14.8. The van der Waals surface area contributed by atoms with Gasteiger partial charge in [0.1, 0.15) is 11.5 Å². The number of nitrogens with one attached hydrogen (secondary N) is 1. The molecule has 0 unspecified atom stereocenters. The monoisotopic (exact) mass is 558 g/mol. The Morgan fingerprint density at radius 3 is 2.27 bits per heavy atom. The Bertz CT molecular complexity index is 1780. The molecule has 1 amide bonds. The van der Waals surface area contributed by atoms with Crippen LogP contribution in [0.1, 0.15) is 44.3 Å². The highest BCUT2D eigenvalue weighted by molar-refractivity contribution is 6.30. The number of Topliss-reactive ketones (excluding diaryl/α,β-unsaturated/α-hetero) is 2. The molecule has 0 aromatic heterocycles. The van der Waals surface area contributed by atoms with Crippen molar-refractivity contribution >= 4 is 46.0 Å². The van der Waals surface area contributed by atoms with Crippen LogP contribution in [-0.4, -0.2) is 29.6 Å². The van der Waals surface area contributed by atoms with Crippen LogP contribution in [0.5, 0.6) is 0 Å². The number of anilines is 2. The van der Waals surface area contributed by atoms with Crippen LogP contribution >= 0.6 is 11.6 Å². The van der Waals surface area contributed by atoms with Crippen LogP contribution in [0.25, 0.3) is 5.57 Å². The van der Waals surface area contributed by atoms with Gasteiger partial charge in [0.15, 0.2) is 11.6 Å². The van der Waals surface area contributed by atoms with E-state index in [1.54, 1.807) is 36.4 Å². The van der Waals surface area contributed by atoms with Gasteiger partial charge in [-0.2, -0.15) is 0 Å². The Balaban J connectivity index is 1.56. The molecule has 1 N–H and O–H groups in total. The first-order valence-electron chi connectivity index (χ1n) is 13.7. The Hall–Kier alpha value is -4.48. The summed E-state index contributed by atoms with van der Waals surface area (Å²) in [5.74, 6) is -1.75. The van der Waals surface area contributed by atoms with E-state index in [1.807, 2.05) is 73.3 Å². The number of halogens is 1. The van der Waals surface area contributed by atoms with Gasteiger partial charge >= 0.3 is 0 Å². The van der Waals surface area contributed by atoms with Gasteiger partial charge in [0.05, 0.1) is 12.0 Å². The van der Waals surface area contributed by atoms with Crippen LogP contribution in [0.15, 0.2) is 103 Å². The number of benzene rings is 4. The van der Waals surface area contributed by atoms with Gasteiger partial charge in [-0.05, 0) is 67.4 Å². The summed E-state index contributed by atoms with van der Waals surface area (Å²) in [6.07, 6.45) is 2.07. The maximum atomic E-state index is 14.8. The van der Waals surface area contributed by atoms with Gasteiger partial charge in [0.25, 0.3) is 0 Å². The number of amides is 1. The first kappa shape index (κ1) is 25.5. The van der Waals surface area contributed by atoms with Crippen molar-refractivity contribution in [2.45, 2.75) is 31.3 Å². The molecule has 1 spiro atoms. The highest BCUT2D eigenvalue weighted by atomic mass is 35.5. The third-order valence-electron chi connectivity index (χ3n) is 8.87. The van der Waals surface area contributed by atoms with Crippen LogP contribution in [-0.2, 0) is 10.2 Å². The van der Waals surface area contributed by atoms with E-state index in [-0.39, 0.29) is 17.5 Å². The second-order valence-corrected chi connectivity index (χ2v) is 11.6. The quantitative estimate of drug-likeness (QED) is 0.277. The van der Waals surface area contributed by atoms with Crippen LogP contribution in [0.3, 0.4) is 0 Å². The lowest BCUT2D eigenvalue weighted by molar-refractivity contribution is -0.121. The summed E-state index contributed by atoms with van der Waals surface area (Å²) < 4.78 is 0. The normalized spacial score (nSPS) is 23.9. The number of allylic oxidation sites excluding steroid dienone is 1. The molecule has 7 rings (SSSR count). The Labute approximate surface area is 243 Å². The molecule has 0 radical (unpaired) electrons. The number of para-hydroxylation sites is 1. The molecule has 202 valence electrons. The summed E-state index contributed by atoms with van der Waals surface area (Å²) in [7, 11) is 0. The zero-order valence-electron chi connectivity index (χ0n) is 22.6. The van der Waals surface area contributed by atoms with Crippen LogP contribution in [0.2, 0.25) is 5.02 Å². The largest absolute Gasteiger partial charge is 0.352 e. The molecule has 0 saturated carbocycles. The first-order valence-corrected chi connectivity index (χ1v) is 14.1. The molecule has 5 nitrogen and oxygen atoms in total. The van der Waals surface area contributed by atoms with Crippen LogP contribution < -0.4 is 10.2 Å². The summed E-state index contributed by atoms with van der Waals surface area (Å²) in [5, 5.41) is 3.58. The third kappa shape index (κ3) is 3.58. The van der Waals surface area contributed by atoms with E-state index in [4.69, 9.17) is 11.6 Å². The van der Waals surface area contributed by atoms with Crippen molar-refractivity contribution in [1.29, 1.82) is 0 Å². The minimum absolute atomic E-state index is 0.198. The van der Waals surface area contributed by atoms with E-state index in [0.29, 0.717) is 21.8 Å². The van der Waals surface area contributed by atoms with Gasteiger partial charge in [-0.25, -0.2) is 0 Å². The standard InChI is InChI=1S/C35H27ClN2O3/c1-20-12-17-28-25(18-20)21(2)19-29-35(26-10-6-7-11-27(26)37-34(35)41)30(32(39)23-13-15-24(36)16-14-23)31(38(28)29)33(40)22-8-4-3-5-9-22/h3-19,29-31H,1-2H3,(H,37,41)/t29-,30+,31-,35+/m0/s1. The maximum Gasteiger partial charge on any atom is 0.238 e. The summed E-state index contributed by atoms with van der Waals surface area (Å²) in [6.45, 7) is 4.07. The summed E-state index contributed by atoms with van der Waals surface area (Å²) >= 11 is 6.18. The van der Waals surface area contributed by atoms with Crippen molar-refractivity contribution in [3.05, 3.63) is 136 Å². The molecular formula is C35H27ClN2O3. The van der Waals surface area contributed by atoms with E-state index in [0.717, 1.165) is 28.0 Å². The average molecular weight is 559 g/mol. The van der Waals surface area contributed by atoms with Crippen LogP contribution in [0.4, 0.5) is 11.4 Å². The number of aryl methyl sites for hydroxylation is 1. The van der Waals surface area contributed by atoms with Crippen molar-refractivity contribution in [2.24, 2.45) is 5.92 Å². The lowest BCUT2D eigenvalue weighted by Gasteiger charge is -2.39. The summed E-state index contributed by atoms with van der Waals surface area (Å²) in [4.78, 5) is 45.9. The second-order valence-electron chi connectivity index (χ2n) is 11.1. The highest BCUT2D eigenvalue weighted by Gasteiger charge is 2.70. The number of carbonyl (C=O) groups is 3.